The summed E-state index contributed by atoms with van der Waals surface area (Å²) in [6.07, 6.45) is 1.96. The van der Waals surface area contributed by atoms with Gasteiger partial charge in [0.25, 0.3) is 15.9 Å². The molecule has 0 bridgehead atoms. The molecule has 1 amide bonds. The molecule has 1 aliphatic heterocycles. The van der Waals surface area contributed by atoms with Gasteiger partial charge >= 0.3 is 0 Å². The predicted molar refractivity (Wildman–Crippen MR) is 117 cm³/mol. The van der Waals surface area contributed by atoms with Crippen molar-refractivity contribution < 1.29 is 27.4 Å². The number of nitrogens with one attached hydrogen (secondary N) is 2. The van der Waals surface area contributed by atoms with Gasteiger partial charge in [0.1, 0.15) is 11.5 Å². The Morgan fingerprint density at radius 3 is 2.61 bits per heavy atom. The Morgan fingerprint density at radius 1 is 1.19 bits per heavy atom. The summed E-state index contributed by atoms with van der Waals surface area (Å²) in [5, 5.41) is 2.83. The van der Waals surface area contributed by atoms with Crippen molar-refractivity contribution in [1.29, 1.82) is 0 Å². The molecule has 1 heterocycles. The molecule has 168 valence electrons. The maximum Gasteiger partial charge on any atom is 0.261 e. The number of benzene rings is 2. The fourth-order valence-corrected chi connectivity index (χ4v) is 4.38. The molecule has 31 heavy (non-hydrogen) atoms. The zero-order valence-corrected chi connectivity index (χ0v) is 18.7. The second-order valence-corrected chi connectivity index (χ2v) is 8.97. The van der Waals surface area contributed by atoms with Gasteiger partial charge in [-0.3, -0.25) is 9.52 Å². The summed E-state index contributed by atoms with van der Waals surface area (Å²) in [6.45, 7) is 3.31. The summed E-state index contributed by atoms with van der Waals surface area (Å²) in [7, 11) is -3.85. The van der Waals surface area contributed by atoms with Gasteiger partial charge in [-0.05, 0) is 62.2 Å². The minimum atomic E-state index is -3.85. The highest BCUT2D eigenvalue weighted by molar-refractivity contribution is 7.92. The Morgan fingerprint density at radius 2 is 1.97 bits per heavy atom. The highest BCUT2D eigenvalue weighted by Gasteiger charge is 2.18. The number of hydrogen-bond acceptors (Lipinski definition) is 6. The number of halogens is 1. The van der Waals surface area contributed by atoms with Crippen LogP contribution in [0, 0.1) is 0 Å². The third kappa shape index (κ3) is 6.75. The topological polar surface area (TPSA) is 103 Å². The van der Waals surface area contributed by atoms with E-state index >= 15 is 0 Å². The van der Waals surface area contributed by atoms with Crippen molar-refractivity contribution in [2.75, 3.05) is 31.1 Å². The lowest BCUT2D eigenvalue weighted by atomic mass is 10.2. The summed E-state index contributed by atoms with van der Waals surface area (Å²) in [5.74, 6) is 0.559. The van der Waals surface area contributed by atoms with Gasteiger partial charge in [0.15, 0.2) is 6.61 Å². The van der Waals surface area contributed by atoms with E-state index in [9.17, 15) is 13.2 Å². The van der Waals surface area contributed by atoms with Crippen molar-refractivity contribution in [3.8, 4) is 11.5 Å². The molecule has 0 aliphatic carbocycles. The molecule has 1 aliphatic rings. The van der Waals surface area contributed by atoms with Crippen LogP contribution in [0.15, 0.2) is 47.4 Å². The van der Waals surface area contributed by atoms with Crippen LogP contribution in [0.3, 0.4) is 0 Å². The number of anilines is 1. The number of ether oxygens (including phenoxy) is 3. The molecule has 1 atom stereocenters. The number of hydrogen-bond donors (Lipinski definition) is 2. The predicted octanol–water partition coefficient (Wildman–Crippen LogP) is 3.21. The standard InChI is InChI=1S/C21H25ClN2O6S/c1-2-28-16-7-5-15(6-8-16)24-31(26,27)18-9-10-20(19(22)12-18)30-14-21(25)23-13-17-4-3-11-29-17/h5-10,12,17,24H,2-4,11,13-14H2,1H3,(H,23,25)/t17-/m1/s1. The Balaban J connectivity index is 1.56. The highest BCUT2D eigenvalue weighted by atomic mass is 35.5. The van der Waals surface area contributed by atoms with Crippen LogP contribution in [-0.4, -0.2) is 46.8 Å². The van der Waals surface area contributed by atoms with Gasteiger partial charge in [-0.1, -0.05) is 11.6 Å². The largest absolute Gasteiger partial charge is 0.494 e. The van der Waals surface area contributed by atoms with Gasteiger partial charge in [0.05, 0.1) is 22.6 Å². The van der Waals surface area contributed by atoms with Crippen molar-refractivity contribution in [2.45, 2.75) is 30.8 Å². The van der Waals surface area contributed by atoms with Gasteiger partial charge < -0.3 is 19.5 Å². The van der Waals surface area contributed by atoms with E-state index in [4.69, 9.17) is 25.8 Å². The van der Waals surface area contributed by atoms with Crippen LogP contribution in [0.4, 0.5) is 5.69 Å². The second kappa shape index (κ2) is 10.7. The van der Waals surface area contributed by atoms with Crippen molar-refractivity contribution >= 4 is 33.2 Å². The number of amides is 1. The minimum absolute atomic E-state index is 0.0263. The van der Waals surface area contributed by atoms with Crippen LogP contribution in [0.5, 0.6) is 11.5 Å². The summed E-state index contributed by atoms with van der Waals surface area (Å²) < 4.78 is 44.0. The zero-order valence-electron chi connectivity index (χ0n) is 17.1. The molecule has 0 aromatic heterocycles. The van der Waals surface area contributed by atoms with Gasteiger partial charge in [-0.25, -0.2) is 8.42 Å². The van der Waals surface area contributed by atoms with E-state index in [1.54, 1.807) is 24.3 Å². The molecule has 10 heteroatoms. The van der Waals surface area contributed by atoms with Crippen molar-refractivity contribution in [1.82, 2.24) is 5.32 Å². The number of carbonyl (C=O) groups is 1. The zero-order chi connectivity index (χ0) is 22.3. The molecule has 0 unspecified atom stereocenters. The van der Waals surface area contributed by atoms with E-state index in [0.29, 0.717) is 24.6 Å². The molecular formula is C21H25ClN2O6S. The Labute approximate surface area is 186 Å². The minimum Gasteiger partial charge on any atom is -0.494 e. The van der Waals surface area contributed by atoms with E-state index in [0.717, 1.165) is 19.4 Å². The number of rotatable bonds is 10. The average Bonchev–Trinajstić information content (AvgIpc) is 3.26. The summed E-state index contributed by atoms with van der Waals surface area (Å²) in [6, 6.07) is 10.6. The fraction of sp³-hybridized carbons (Fsp3) is 0.381. The first-order valence-electron chi connectivity index (χ1n) is 9.93. The van der Waals surface area contributed by atoms with Crippen LogP contribution in [-0.2, 0) is 19.6 Å². The molecule has 1 fully saturated rings. The van der Waals surface area contributed by atoms with Crippen LogP contribution >= 0.6 is 11.6 Å². The maximum absolute atomic E-state index is 12.6. The highest BCUT2D eigenvalue weighted by Crippen LogP contribution is 2.28. The Bertz CT molecular complexity index is 991. The molecule has 0 saturated carbocycles. The van der Waals surface area contributed by atoms with Gasteiger partial charge in [0.2, 0.25) is 0 Å². The van der Waals surface area contributed by atoms with Crippen LogP contribution < -0.4 is 19.5 Å². The molecule has 3 rings (SSSR count). The summed E-state index contributed by atoms with van der Waals surface area (Å²) >= 11 is 6.17. The van der Waals surface area contributed by atoms with Crippen LogP contribution in [0.2, 0.25) is 5.02 Å². The van der Waals surface area contributed by atoms with Crippen molar-refractivity contribution in [2.24, 2.45) is 0 Å². The van der Waals surface area contributed by atoms with Crippen molar-refractivity contribution in [3.05, 3.63) is 47.5 Å². The van der Waals surface area contributed by atoms with Crippen molar-refractivity contribution in [3.63, 3.8) is 0 Å². The lowest BCUT2D eigenvalue weighted by Crippen LogP contribution is -2.35. The quantitative estimate of drug-likeness (QED) is 0.555. The lowest BCUT2D eigenvalue weighted by molar-refractivity contribution is -0.123. The van der Waals surface area contributed by atoms with E-state index < -0.39 is 10.0 Å². The molecule has 2 aromatic rings. The van der Waals surface area contributed by atoms with E-state index in [1.807, 2.05) is 6.92 Å². The first-order chi connectivity index (χ1) is 14.9. The van der Waals surface area contributed by atoms with Gasteiger partial charge in [-0.15, -0.1) is 0 Å². The first kappa shape index (κ1) is 23.2. The maximum atomic E-state index is 12.6. The molecular weight excluding hydrogens is 444 g/mol. The van der Waals surface area contributed by atoms with E-state index in [1.165, 1.54) is 18.2 Å². The van der Waals surface area contributed by atoms with Crippen LogP contribution in [0.25, 0.3) is 0 Å². The SMILES string of the molecule is CCOc1ccc(NS(=O)(=O)c2ccc(OCC(=O)NC[C@H]3CCCO3)c(Cl)c2)cc1. The molecule has 0 radical (unpaired) electrons. The molecule has 2 aromatic carbocycles. The molecule has 8 nitrogen and oxygen atoms in total. The molecule has 2 N–H and O–H groups in total. The van der Waals surface area contributed by atoms with Gasteiger partial charge in [-0.2, -0.15) is 0 Å². The fourth-order valence-electron chi connectivity index (χ4n) is 2.99. The third-order valence-electron chi connectivity index (χ3n) is 4.54. The summed E-state index contributed by atoms with van der Waals surface area (Å²) in [5.41, 5.74) is 0.391. The van der Waals surface area contributed by atoms with Gasteiger partial charge in [0, 0.05) is 18.8 Å². The summed E-state index contributed by atoms with van der Waals surface area (Å²) in [4.78, 5) is 11.9. The number of carbonyl (C=O) groups excluding carboxylic acids is 1. The number of sulfonamides is 1. The Kier molecular flexibility index (Phi) is 8.00. The molecule has 0 spiro atoms. The average molecular weight is 469 g/mol. The third-order valence-corrected chi connectivity index (χ3v) is 6.22. The smallest absolute Gasteiger partial charge is 0.261 e. The second-order valence-electron chi connectivity index (χ2n) is 6.88. The van der Waals surface area contributed by atoms with E-state index in [2.05, 4.69) is 10.0 Å². The first-order valence-corrected chi connectivity index (χ1v) is 11.8. The Hall–Kier alpha value is -2.49. The van der Waals surface area contributed by atoms with Crippen LogP contribution in [0.1, 0.15) is 19.8 Å². The molecule has 1 saturated heterocycles. The van der Waals surface area contributed by atoms with E-state index in [-0.39, 0.29) is 34.3 Å². The monoisotopic (exact) mass is 468 g/mol. The normalized spacial score (nSPS) is 16.0. The lowest BCUT2D eigenvalue weighted by Gasteiger charge is -2.13.